The van der Waals surface area contributed by atoms with Gasteiger partial charge in [-0.1, -0.05) is 38.1 Å². The Morgan fingerprint density at radius 1 is 1.14 bits per heavy atom. The Labute approximate surface area is 124 Å². The molecule has 0 saturated heterocycles. The zero-order valence-electron chi connectivity index (χ0n) is 12.2. The molecule has 0 spiro atoms. The number of anilines is 1. The van der Waals surface area contributed by atoms with Crippen LogP contribution in [0.3, 0.4) is 0 Å². The average molecular weight is 286 g/mol. The molecule has 3 N–H and O–H groups in total. The first kappa shape index (κ1) is 15.2. The zero-order valence-corrected chi connectivity index (χ0v) is 12.2. The summed E-state index contributed by atoms with van der Waals surface area (Å²) < 4.78 is 13.5. The molecule has 0 aliphatic rings. The summed E-state index contributed by atoms with van der Waals surface area (Å²) in [5.74, 6) is -0.991. The van der Waals surface area contributed by atoms with Crippen molar-refractivity contribution < 1.29 is 9.18 Å². The molecule has 2 aromatic rings. The van der Waals surface area contributed by atoms with Gasteiger partial charge in [-0.05, 0) is 29.8 Å². The lowest BCUT2D eigenvalue weighted by molar-refractivity contribution is 0.102. The van der Waals surface area contributed by atoms with Gasteiger partial charge in [-0.3, -0.25) is 4.79 Å². The van der Waals surface area contributed by atoms with Crippen molar-refractivity contribution in [2.45, 2.75) is 19.3 Å². The molecule has 0 atom stereocenters. The van der Waals surface area contributed by atoms with E-state index in [0.29, 0.717) is 12.2 Å². The van der Waals surface area contributed by atoms with Gasteiger partial charge >= 0.3 is 0 Å². The van der Waals surface area contributed by atoms with Crippen molar-refractivity contribution in [1.82, 2.24) is 0 Å². The van der Waals surface area contributed by atoms with E-state index in [1.807, 2.05) is 12.1 Å². The quantitative estimate of drug-likeness (QED) is 0.906. The van der Waals surface area contributed by atoms with Crippen LogP contribution in [0.25, 0.3) is 0 Å². The van der Waals surface area contributed by atoms with E-state index < -0.39 is 11.7 Å². The molecule has 1 amide bonds. The summed E-state index contributed by atoms with van der Waals surface area (Å²) in [5, 5.41) is 2.69. The van der Waals surface area contributed by atoms with Crippen LogP contribution in [-0.4, -0.2) is 12.5 Å². The number of nitrogens with one attached hydrogen (secondary N) is 1. The molecule has 2 aromatic carbocycles. The van der Waals surface area contributed by atoms with Gasteiger partial charge in [0.25, 0.3) is 5.91 Å². The van der Waals surface area contributed by atoms with E-state index in [4.69, 9.17) is 5.73 Å². The molecule has 0 aliphatic heterocycles. The Morgan fingerprint density at radius 3 is 2.33 bits per heavy atom. The summed E-state index contributed by atoms with van der Waals surface area (Å²) in [7, 11) is 0. The van der Waals surface area contributed by atoms with Crippen LogP contribution >= 0.6 is 0 Å². The van der Waals surface area contributed by atoms with Gasteiger partial charge in [0.15, 0.2) is 0 Å². The van der Waals surface area contributed by atoms with Crippen molar-refractivity contribution in [3.8, 4) is 0 Å². The van der Waals surface area contributed by atoms with Gasteiger partial charge in [0.2, 0.25) is 0 Å². The minimum absolute atomic E-state index is 0.0314. The van der Waals surface area contributed by atoms with E-state index in [9.17, 15) is 9.18 Å². The molecule has 0 bridgehead atoms. The Bertz CT molecular complexity index is 635. The topological polar surface area (TPSA) is 55.1 Å². The van der Waals surface area contributed by atoms with Crippen molar-refractivity contribution >= 4 is 11.6 Å². The predicted octanol–water partition coefficient (Wildman–Crippen LogP) is 3.31. The lowest BCUT2D eigenvalue weighted by Crippen LogP contribution is -2.28. The zero-order chi connectivity index (χ0) is 15.5. The highest BCUT2D eigenvalue weighted by Crippen LogP contribution is 2.23. The van der Waals surface area contributed by atoms with Gasteiger partial charge in [0.1, 0.15) is 5.82 Å². The fourth-order valence-corrected chi connectivity index (χ4v) is 1.97. The van der Waals surface area contributed by atoms with Gasteiger partial charge in [-0.25, -0.2) is 4.39 Å². The average Bonchev–Trinajstić information content (AvgIpc) is 2.48. The molecule has 0 fully saturated rings. The number of benzene rings is 2. The van der Waals surface area contributed by atoms with Crippen molar-refractivity contribution in [2.24, 2.45) is 5.73 Å². The number of carbonyl (C=O) groups excluding carboxylic acids is 1. The van der Waals surface area contributed by atoms with Crippen LogP contribution < -0.4 is 11.1 Å². The SMILES string of the molecule is CC(C)(CN)c1ccc(NC(=O)c2ccccc2F)cc1. The van der Waals surface area contributed by atoms with E-state index in [1.165, 1.54) is 12.1 Å². The first-order valence-corrected chi connectivity index (χ1v) is 6.80. The van der Waals surface area contributed by atoms with Gasteiger partial charge in [0.05, 0.1) is 5.56 Å². The Kier molecular flexibility index (Phi) is 4.38. The molecule has 4 heteroatoms. The van der Waals surface area contributed by atoms with Crippen LogP contribution in [0.15, 0.2) is 48.5 Å². The molecule has 0 aromatic heterocycles. The van der Waals surface area contributed by atoms with Crippen molar-refractivity contribution in [2.75, 3.05) is 11.9 Å². The number of nitrogens with two attached hydrogens (primary N) is 1. The lowest BCUT2D eigenvalue weighted by Gasteiger charge is -2.23. The summed E-state index contributed by atoms with van der Waals surface area (Å²) in [5.41, 5.74) is 7.37. The maximum absolute atomic E-state index is 13.5. The second kappa shape index (κ2) is 6.06. The van der Waals surface area contributed by atoms with Gasteiger partial charge in [-0.15, -0.1) is 0 Å². The summed E-state index contributed by atoms with van der Waals surface area (Å²) >= 11 is 0. The monoisotopic (exact) mass is 286 g/mol. The third-order valence-corrected chi connectivity index (χ3v) is 3.55. The van der Waals surface area contributed by atoms with Crippen molar-refractivity contribution in [1.29, 1.82) is 0 Å². The van der Waals surface area contributed by atoms with Crippen LogP contribution in [0.2, 0.25) is 0 Å². The minimum Gasteiger partial charge on any atom is -0.330 e. The van der Waals surface area contributed by atoms with E-state index in [-0.39, 0.29) is 11.0 Å². The highest BCUT2D eigenvalue weighted by atomic mass is 19.1. The van der Waals surface area contributed by atoms with E-state index >= 15 is 0 Å². The van der Waals surface area contributed by atoms with Crippen molar-refractivity contribution in [3.05, 3.63) is 65.5 Å². The summed E-state index contributed by atoms with van der Waals surface area (Å²) in [4.78, 5) is 12.0. The predicted molar refractivity (Wildman–Crippen MR) is 82.9 cm³/mol. The lowest BCUT2D eigenvalue weighted by atomic mass is 9.85. The van der Waals surface area contributed by atoms with Crippen LogP contribution in [0.5, 0.6) is 0 Å². The fourth-order valence-electron chi connectivity index (χ4n) is 1.97. The van der Waals surface area contributed by atoms with E-state index in [1.54, 1.807) is 24.3 Å². The Morgan fingerprint density at radius 2 is 1.76 bits per heavy atom. The Hall–Kier alpha value is -2.20. The molecule has 0 unspecified atom stereocenters. The molecule has 2 rings (SSSR count). The number of rotatable bonds is 4. The molecular weight excluding hydrogens is 267 g/mol. The molecule has 0 saturated carbocycles. The standard InChI is InChI=1S/C17H19FN2O/c1-17(2,11-19)12-7-9-13(10-8-12)20-16(21)14-5-3-4-6-15(14)18/h3-10H,11,19H2,1-2H3,(H,20,21). The highest BCUT2D eigenvalue weighted by molar-refractivity contribution is 6.04. The molecule has 110 valence electrons. The molecule has 3 nitrogen and oxygen atoms in total. The van der Waals surface area contributed by atoms with Crippen LogP contribution in [0, 0.1) is 5.82 Å². The first-order valence-electron chi connectivity index (χ1n) is 6.80. The summed E-state index contributed by atoms with van der Waals surface area (Å²) in [6.07, 6.45) is 0. The van der Waals surface area contributed by atoms with Gasteiger partial charge < -0.3 is 11.1 Å². The second-order valence-corrected chi connectivity index (χ2v) is 5.60. The van der Waals surface area contributed by atoms with Gasteiger partial charge in [-0.2, -0.15) is 0 Å². The molecule has 0 aliphatic carbocycles. The summed E-state index contributed by atoms with van der Waals surface area (Å²) in [6.45, 7) is 4.65. The van der Waals surface area contributed by atoms with Crippen LogP contribution in [0.1, 0.15) is 29.8 Å². The number of halogens is 1. The van der Waals surface area contributed by atoms with E-state index in [0.717, 1.165) is 5.56 Å². The Balaban J connectivity index is 2.14. The normalized spacial score (nSPS) is 11.2. The number of amides is 1. The third-order valence-electron chi connectivity index (χ3n) is 3.55. The maximum atomic E-state index is 13.5. The van der Waals surface area contributed by atoms with Crippen molar-refractivity contribution in [3.63, 3.8) is 0 Å². The number of hydrogen-bond acceptors (Lipinski definition) is 2. The number of hydrogen-bond donors (Lipinski definition) is 2. The molecular formula is C17H19FN2O. The largest absolute Gasteiger partial charge is 0.330 e. The maximum Gasteiger partial charge on any atom is 0.258 e. The number of carbonyl (C=O) groups is 1. The second-order valence-electron chi connectivity index (χ2n) is 5.60. The van der Waals surface area contributed by atoms with Gasteiger partial charge in [0, 0.05) is 17.6 Å². The fraction of sp³-hybridized carbons (Fsp3) is 0.235. The molecule has 21 heavy (non-hydrogen) atoms. The highest BCUT2D eigenvalue weighted by Gasteiger charge is 2.18. The third kappa shape index (κ3) is 3.47. The first-order chi connectivity index (χ1) is 9.94. The minimum atomic E-state index is -0.532. The molecule has 0 heterocycles. The van der Waals surface area contributed by atoms with Crippen LogP contribution in [-0.2, 0) is 5.41 Å². The van der Waals surface area contributed by atoms with Crippen LogP contribution in [0.4, 0.5) is 10.1 Å². The molecule has 0 radical (unpaired) electrons. The van der Waals surface area contributed by atoms with E-state index in [2.05, 4.69) is 19.2 Å². The summed E-state index contributed by atoms with van der Waals surface area (Å²) in [6, 6.07) is 13.3. The smallest absolute Gasteiger partial charge is 0.258 e.